The van der Waals surface area contributed by atoms with Crippen LogP contribution < -0.4 is 10.3 Å². The van der Waals surface area contributed by atoms with E-state index < -0.39 is 11.8 Å². The summed E-state index contributed by atoms with van der Waals surface area (Å²) in [4.78, 5) is 26.9. The fourth-order valence-electron chi connectivity index (χ4n) is 5.22. The molecule has 5 nitrogen and oxygen atoms in total. The molecule has 0 saturated carbocycles. The molecule has 184 valence electrons. The molecular formula is C30H28FNO4. The molecule has 5 rings (SSSR count). The fourth-order valence-corrected chi connectivity index (χ4v) is 5.22. The van der Waals surface area contributed by atoms with Crippen LogP contribution in [0.25, 0.3) is 11.0 Å². The number of carboxylic acid groups (broad SMARTS) is 1. The third-order valence-electron chi connectivity index (χ3n) is 7.18. The number of halogens is 1. The lowest BCUT2D eigenvalue weighted by Crippen LogP contribution is -2.20. The first-order valence-corrected chi connectivity index (χ1v) is 12.2. The van der Waals surface area contributed by atoms with Crippen LogP contribution >= 0.6 is 0 Å². The smallest absolute Gasteiger partial charge is 0.335 e. The number of rotatable bonds is 7. The first-order chi connectivity index (χ1) is 17.3. The highest BCUT2D eigenvalue weighted by Gasteiger charge is 2.25. The van der Waals surface area contributed by atoms with E-state index in [9.17, 15) is 19.1 Å². The molecule has 6 heteroatoms. The van der Waals surface area contributed by atoms with Crippen LogP contribution in [0.2, 0.25) is 0 Å². The molecule has 2 heterocycles. The van der Waals surface area contributed by atoms with Crippen LogP contribution in [-0.2, 0) is 19.5 Å². The molecule has 0 spiro atoms. The van der Waals surface area contributed by atoms with E-state index in [0.717, 1.165) is 5.56 Å². The molecule has 0 amide bonds. The minimum atomic E-state index is -0.941. The Labute approximate surface area is 208 Å². The third-order valence-corrected chi connectivity index (χ3v) is 7.18. The summed E-state index contributed by atoms with van der Waals surface area (Å²) in [5.41, 5.74) is 4.83. The maximum absolute atomic E-state index is 14.6. The maximum atomic E-state index is 14.6. The highest BCUT2D eigenvalue weighted by atomic mass is 19.1. The summed E-state index contributed by atoms with van der Waals surface area (Å²) < 4.78 is 21.0. The van der Waals surface area contributed by atoms with Crippen LogP contribution in [-0.4, -0.2) is 11.1 Å². The molecule has 0 radical (unpaired) electrons. The molecule has 1 aliphatic rings. The summed E-state index contributed by atoms with van der Waals surface area (Å²) in [5, 5.41) is 9.69. The summed E-state index contributed by atoms with van der Waals surface area (Å²) in [5.74, 6) is -0.967. The van der Waals surface area contributed by atoms with Crippen LogP contribution in [0.5, 0.6) is 0 Å². The fraction of sp³-hybridized carbons (Fsp3) is 0.267. The van der Waals surface area contributed by atoms with Crippen molar-refractivity contribution in [3.8, 4) is 0 Å². The number of fused-ring (bicyclic) bond motifs is 2. The Morgan fingerprint density at radius 1 is 1.08 bits per heavy atom. The van der Waals surface area contributed by atoms with E-state index in [2.05, 4.69) is 17.0 Å². The van der Waals surface area contributed by atoms with E-state index in [1.54, 1.807) is 19.1 Å². The van der Waals surface area contributed by atoms with Crippen molar-refractivity contribution in [3.63, 3.8) is 0 Å². The van der Waals surface area contributed by atoms with E-state index in [-0.39, 0.29) is 16.7 Å². The third kappa shape index (κ3) is 4.39. The van der Waals surface area contributed by atoms with Crippen molar-refractivity contribution in [3.05, 3.63) is 110 Å². The SMILES string of the molecule is Cc1c(N2Cc3ccccc3C2)oc2c(C(C)CCCc3ccccc3C(=O)O)cc(F)cc2c1=O. The van der Waals surface area contributed by atoms with Gasteiger partial charge in [-0.3, -0.25) is 4.79 Å². The Hall–Kier alpha value is -3.93. The second-order valence-electron chi connectivity index (χ2n) is 9.61. The summed E-state index contributed by atoms with van der Waals surface area (Å²) >= 11 is 0. The van der Waals surface area contributed by atoms with Gasteiger partial charge in [-0.25, -0.2) is 9.18 Å². The van der Waals surface area contributed by atoms with Crippen molar-refractivity contribution in [2.45, 2.75) is 52.1 Å². The predicted octanol–water partition coefficient (Wildman–Crippen LogP) is 6.59. The molecule has 0 aliphatic carbocycles. The number of aromatic carboxylic acids is 1. The van der Waals surface area contributed by atoms with Gasteiger partial charge in [-0.05, 0) is 67.0 Å². The number of anilines is 1. The van der Waals surface area contributed by atoms with Crippen molar-refractivity contribution in [2.24, 2.45) is 0 Å². The van der Waals surface area contributed by atoms with Crippen LogP contribution in [0.1, 0.15) is 63.9 Å². The Morgan fingerprint density at radius 2 is 1.75 bits per heavy atom. The van der Waals surface area contributed by atoms with Gasteiger partial charge in [-0.15, -0.1) is 0 Å². The zero-order valence-electron chi connectivity index (χ0n) is 20.4. The average molecular weight is 486 g/mol. The lowest BCUT2D eigenvalue weighted by molar-refractivity contribution is 0.0695. The Balaban J connectivity index is 1.45. The quantitative estimate of drug-likeness (QED) is 0.320. The van der Waals surface area contributed by atoms with Crippen molar-refractivity contribution >= 4 is 22.8 Å². The van der Waals surface area contributed by atoms with Gasteiger partial charge in [0.15, 0.2) is 5.43 Å². The van der Waals surface area contributed by atoms with Gasteiger partial charge in [0.05, 0.1) is 16.5 Å². The highest BCUT2D eigenvalue weighted by Crippen LogP contribution is 2.35. The molecule has 0 bridgehead atoms. The van der Waals surface area contributed by atoms with E-state index in [0.29, 0.717) is 60.5 Å². The van der Waals surface area contributed by atoms with Crippen molar-refractivity contribution in [1.29, 1.82) is 0 Å². The molecule has 36 heavy (non-hydrogen) atoms. The molecule has 1 atom stereocenters. The Morgan fingerprint density at radius 3 is 2.44 bits per heavy atom. The lowest BCUT2D eigenvalue weighted by atomic mass is 9.91. The van der Waals surface area contributed by atoms with E-state index in [1.165, 1.54) is 23.3 Å². The summed E-state index contributed by atoms with van der Waals surface area (Å²) in [7, 11) is 0. The van der Waals surface area contributed by atoms with Gasteiger partial charge in [0, 0.05) is 18.7 Å². The molecule has 1 aromatic heterocycles. The van der Waals surface area contributed by atoms with Crippen molar-refractivity contribution in [2.75, 3.05) is 4.90 Å². The van der Waals surface area contributed by atoms with Gasteiger partial charge in [-0.2, -0.15) is 0 Å². The number of hydrogen-bond donors (Lipinski definition) is 1. The molecule has 1 aliphatic heterocycles. The first kappa shape index (κ1) is 23.8. The molecular weight excluding hydrogens is 457 g/mol. The molecule has 1 N–H and O–H groups in total. The zero-order valence-corrected chi connectivity index (χ0v) is 20.4. The first-order valence-electron chi connectivity index (χ1n) is 12.2. The number of aryl methyl sites for hydroxylation is 1. The molecule has 1 unspecified atom stereocenters. The monoisotopic (exact) mass is 485 g/mol. The number of hydrogen-bond acceptors (Lipinski definition) is 4. The van der Waals surface area contributed by atoms with Gasteiger partial charge in [0.1, 0.15) is 11.4 Å². The van der Waals surface area contributed by atoms with Gasteiger partial charge in [-0.1, -0.05) is 49.4 Å². The largest absolute Gasteiger partial charge is 0.478 e. The highest BCUT2D eigenvalue weighted by molar-refractivity contribution is 5.89. The number of nitrogens with zero attached hydrogens (tertiary/aromatic N) is 1. The molecule has 0 fully saturated rings. The Bertz CT molecular complexity index is 1500. The lowest BCUT2D eigenvalue weighted by Gasteiger charge is -2.21. The second-order valence-corrected chi connectivity index (χ2v) is 9.61. The van der Waals surface area contributed by atoms with Crippen LogP contribution in [0.3, 0.4) is 0 Å². The maximum Gasteiger partial charge on any atom is 0.335 e. The molecule has 4 aromatic rings. The van der Waals surface area contributed by atoms with Crippen LogP contribution in [0, 0.1) is 12.7 Å². The number of carbonyl (C=O) groups is 1. The van der Waals surface area contributed by atoms with Gasteiger partial charge < -0.3 is 14.4 Å². The molecule has 3 aromatic carbocycles. The second kappa shape index (κ2) is 9.61. The normalized spacial score (nSPS) is 13.7. The molecule has 0 saturated heterocycles. The average Bonchev–Trinajstić information content (AvgIpc) is 3.30. The number of benzene rings is 3. The summed E-state index contributed by atoms with van der Waals surface area (Å²) in [6, 6.07) is 17.9. The zero-order chi connectivity index (χ0) is 25.4. The topological polar surface area (TPSA) is 70.8 Å². The van der Waals surface area contributed by atoms with E-state index in [1.807, 2.05) is 31.2 Å². The summed E-state index contributed by atoms with van der Waals surface area (Å²) in [6.07, 6.45) is 2.00. The van der Waals surface area contributed by atoms with E-state index >= 15 is 0 Å². The predicted molar refractivity (Wildman–Crippen MR) is 138 cm³/mol. The van der Waals surface area contributed by atoms with Crippen molar-refractivity contribution in [1.82, 2.24) is 0 Å². The van der Waals surface area contributed by atoms with Crippen LogP contribution in [0.4, 0.5) is 10.3 Å². The van der Waals surface area contributed by atoms with Gasteiger partial charge >= 0.3 is 5.97 Å². The minimum absolute atomic E-state index is 0.0883. The van der Waals surface area contributed by atoms with E-state index in [4.69, 9.17) is 4.42 Å². The minimum Gasteiger partial charge on any atom is -0.478 e. The number of carboxylic acids is 1. The standard InChI is InChI=1S/C30H28FNO4/c1-18(8-7-12-20-9-5-6-13-24(20)30(34)35)25-14-23(31)15-26-27(33)19(2)29(36-28(25)26)32-16-21-10-3-4-11-22(21)17-32/h3-6,9-11,13-15,18H,7-8,12,16-17H2,1-2H3,(H,34,35). The summed E-state index contributed by atoms with van der Waals surface area (Å²) in [6.45, 7) is 5.03. The van der Waals surface area contributed by atoms with Crippen molar-refractivity contribution < 1.29 is 18.7 Å². The van der Waals surface area contributed by atoms with Crippen LogP contribution in [0.15, 0.2) is 69.9 Å². The van der Waals surface area contributed by atoms with Gasteiger partial charge in [0.2, 0.25) is 5.88 Å². The van der Waals surface area contributed by atoms with Gasteiger partial charge in [0.25, 0.3) is 0 Å². The Kier molecular flexibility index (Phi) is 6.35.